The third kappa shape index (κ3) is 2.35. The maximum Gasteiger partial charge on any atom is 0.217 e. The van der Waals surface area contributed by atoms with Gasteiger partial charge in [-0.15, -0.1) is 0 Å². The second-order valence-corrected chi connectivity index (χ2v) is 5.37. The SMILES string of the molecule is Cc1ccc([C@H]2CCOC2)c(OC2CN(C)C2)n1. The van der Waals surface area contributed by atoms with E-state index in [2.05, 4.69) is 29.1 Å². The van der Waals surface area contributed by atoms with Crippen LogP contribution in [0.1, 0.15) is 23.6 Å². The molecule has 2 aliphatic heterocycles. The van der Waals surface area contributed by atoms with Crippen LogP contribution in [0.25, 0.3) is 0 Å². The lowest BCUT2D eigenvalue weighted by atomic mass is 9.99. The largest absolute Gasteiger partial charge is 0.471 e. The molecular formula is C14H20N2O2. The second-order valence-electron chi connectivity index (χ2n) is 5.37. The lowest BCUT2D eigenvalue weighted by Gasteiger charge is -2.36. The number of likely N-dealkylation sites (tertiary alicyclic amines) is 1. The van der Waals surface area contributed by atoms with E-state index in [1.54, 1.807) is 0 Å². The summed E-state index contributed by atoms with van der Waals surface area (Å²) >= 11 is 0. The molecule has 0 radical (unpaired) electrons. The lowest BCUT2D eigenvalue weighted by Crippen LogP contribution is -2.51. The van der Waals surface area contributed by atoms with E-state index in [0.29, 0.717) is 12.0 Å². The average Bonchev–Trinajstić information content (AvgIpc) is 2.80. The van der Waals surface area contributed by atoms with Gasteiger partial charge in [-0.25, -0.2) is 4.98 Å². The second kappa shape index (κ2) is 4.86. The molecule has 4 nitrogen and oxygen atoms in total. The van der Waals surface area contributed by atoms with Crippen molar-refractivity contribution in [3.63, 3.8) is 0 Å². The number of likely N-dealkylation sites (N-methyl/N-ethyl adjacent to an activating group) is 1. The molecule has 0 N–H and O–H groups in total. The van der Waals surface area contributed by atoms with Gasteiger partial charge in [0, 0.05) is 36.9 Å². The predicted molar refractivity (Wildman–Crippen MR) is 69.1 cm³/mol. The van der Waals surface area contributed by atoms with Crippen molar-refractivity contribution in [1.82, 2.24) is 9.88 Å². The summed E-state index contributed by atoms with van der Waals surface area (Å²) in [4.78, 5) is 6.82. The van der Waals surface area contributed by atoms with E-state index in [1.807, 2.05) is 6.92 Å². The van der Waals surface area contributed by atoms with Crippen LogP contribution < -0.4 is 4.74 Å². The zero-order valence-corrected chi connectivity index (χ0v) is 11.1. The summed E-state index contributed by atoms with van der Waals surface area (Å²) in [6, 6.07) is 4.22. The Labute approximate surface area is 108 Å². The minimum absolute atomic E-state index is 0.297. The Morgan fingerprint density at radius 1 is 1.39 bits per heavy atom. The molecule has 0 saturated carbocycles. The molecule has 2 aliphatic rings. The highest BCUT2D eigenvalue weighted by Crippen LogP contribution is 2.32. The van der Waals surface area contributed by atoms with Crippen molar-refractivity contribution < 1.29 is 9.47 Å². The van der Waals surface area contributed by atoms with Gasteiger partial charge >= 0.3 is 0 Å². The minimum atomic E-state index is 0.297. The van der Waals surface area contributed by atoms with Crippen LogP contribution in [0.2, 0.25) is 0 Å². The molecule has 1 atom stereocenters. The third-order valence-corrected chi connectivity index (χ3v) is 3.71. The van der Waals surface area contributed by atoms with E-state index in [0.717, 1.165) is 44.3 Å². The molecule has 18 heavy (non-hydrogen) atoms. The first-order valence-corrected chi connectivity index (χ1v) is 6.63. The van der Waals surface area contributed by atoms with Gasteiger partial charge in [-0.3, -0.25) is 4.90 Å². The van der Waals surface area contributed by atoms with Crippen LogP contribution in [0.5, 0.6) is 5.88 Å². The van der Waals surface area contributed by atoms with Gasteiger partial charge in [0.05, 0.1) is 6.61 Å². The van der Waals surface area contributed by atoms with Gasteiger partial charge in [0.2, 0.25) is 5.88 Å². The van der Waals surface area contributed by atoms with Crippen molar-refractivity contribution in [3.8, 4) is 5.88 Å². The van der Waals surface area contributed by atoms with E-state index in [4.69, 9.17) is 9.47 Å². The molecule has 0 aliphatic carbocycles. The third-order valence-electron chi connectivity index (χ3n) is 3.71. The van der Waals surface area contributed by atoms with Crippen LogP contribution in [0.4, 0.5) is 0 Å². The maximum atomic E-state index is 6.04. The number of rotatable bonds is 3. The molecule has 2 saturated heterocycles. The van der Waals surface area contributed by atoms with Crippen molar-refractivity contribution >= 4 is 0 Å². The quantitative estimate of drug-likeness (QED) is 0.813. The molecule has 1 aromatic rings. The molecule has 0 aromatic carbocycles. The average molecular weight is 248 g/mol. The van der Waals surface area contributed by atoms with E-state index >= 15 is 0 Å². The first-order chi connectivity index (χ1) is 8.72. The highest BCUT2D eigenvalue weighted by Gasteiger charge is 2.28. The Hall–Kier alpha value is -1.13. The van der Waals surface area contributed by atoms with Gasteiger partial charge in [0.15, 0.2) is 0 Å². The molecule has 0 bridgehead atoms. The number of nitrogens with zero attached hydrogens (tertiary/aromatic N) is 2. The van der Waals surface area contributed by atoms with Crippen LogP contribution in [0, 0.1) is 6.92 Å². The lowest BCUT2D eigenvalue weighted by molar-refractivity contribution is 0.0344. The summed E-state index contributed by atoms with van der Waals surface area (Å²) in [5.74, 6) is 1.27. The van der Waals surface area contributed by atoms with Crippen molar-refractivity contribution in [2.24, 2.45) is 0 Å². The predicted octanol–water partition coefficient (Wildman–Crippen LogP) is 1.59. The highest BCUT2D eigenvalue weighted by atomic mass is 16.5. The summed E-state index contributed by atoms with van der Waals surface area (Å²) in [6.45, 7) is 5.65. The zero-order valence-electron chi connectivity index (χ0n) is 11.1. The molecule has 98 valence electrons. The molecule has 2 fully saturated rings. The van der Waals surface area contributed by atoms with Crippen LogP contribution >= 0.6 is 0 Å². The number of pyridine rings is 1. The van der Waals surface area contributed by atoms with Crippen molar-refractivity contribution in [2.45, 2.75) is 25.4 Å². The molecule has 0 spiro atoms. The van der Waals surface area contributed by atoms with E-state index < -0.39 is 0 Å². The Balaban J connectivity index is 1.79. The highest BCUT2D eigenvalue weighted by molar-refractivity contribution is 5.32. The summed E-state index contributed by atoms with van der Waals surface area (Å²) in [5.41, 5.74) is 2.23. The normalized spacial score (nSPS) is 25.1. The monoisotopic (exact) mass is 248 g/mol. The molecule has 4 heteroatoms. The summed E-state index contributed by atoms with van der Waals surface area (Å²) in [7, 11) is 2.11. The van der Waals surface area contributed by atoms with Gasteiger partial charge in [-0.05, 0) is 26.5 Å². The van der Waals surface area contributed by atoms with Crippen LogP contribution in [-0.4, -0.2) is 49.3 Å². The smallest absolute Gasteiger partial charge is 0.217 e. The molecule has 1 aromatic heterocycles. The minimum Gasteiger partial charge on any atom is -0.471 e. The zero-order chi connectivity index (χ0) is 12.5. The van der Waals surface area contributed by atoms with Gasteiger partial charge < -0.3 is 9.47 Å². The molecular weight excluding hydrogens is 228 g/mol. The van der Waals surface area contributed by atoms with Gasteiger partial charge in [0.1, 0.15) is 6.10 Å². The molecule has 3 heterocycles. The Bertz CT molecular complexity index is 424. The number of hydrogen-bond acceptors (Lipinski definition) is 4. The van der Waals surface area contributed by atoms with Gasteiger partial charge in [0.25, 0.3) is 0 Å². The van der Waals surface area contributed by atoms with E-state index in [1.165, 1.54) is 5.56 Å². The Morgan fingerprint density at radius 2 is 2.22 bits per heavy atom. The van der Waals surface area contributed by atoms with Gasteiger partial charge in [-0.2, -0.15) is 0 Å². The summed E-state index contributed by atoms with van der Waals surface area (Å²) in [5, 5.41) is 0. The molecule has 3 rings (SSSR count). The van der Waals surface area contributed by atoms with Crippen molar-refractivity contribution in [3.05, 3.63) is 23.4 Å². The maximum absolute atomic E-state index is 6.04. The topological polar surface area (TPSA) is 34.6 Å². The van der Waals surface area contributed by atoms with E-state index in [9.17, 15) is 0 Å². The van der Waals surface area contributed by atoms with Gasteiger partial charge in [-0.1, -0.05) is 6.07 Å². The number of aromatic nitrogens is 1. The fraction of sp³-hybridized carbons (Fsp3) is 0.643. The van der Waals surface area contributed by atoms with Crippen LogP contribution in [0.15, 0.2) is 12.1 Å². The van der Waals surface area contributed by atoms with Crippen LogP contribution in [-0.2, 0) is 4.74 Å². The number of ether oxygens (including phenoxy) is 2. The van der Waals surface area contributed by atoms with E-state index in [-0.39, 0.29) is 0 Å². The number of hydrogen-bond donors (Lipinski definition) is 0. The Morgan fingerprint density at radius 3 is 2.89 bits per heavy atom. The van der Waals surface area contributed by atoms with Crippen LogP contribution in [0.3, 0.4) is 0 Å². The standard InChI is InChI=1S/C14H20N2O2/c1-10-3-4-13(11-5-6-17-9-11)14(15-10)18-12-7-16(2)8-12/h3-4,11-12H,5-9H2,1-2H3/t11-/m0/s1. The summed E-state index contributed by atoms with van der Waals surface area (Å²) in [6.07, 6.45) is 1.37. The fourth-order valence-electron chi connectivity index (χ4n) is 2.60. The summed E-state index contributed by atoms with van der Waals surface area (Å²) < 4.78 is 11.5. The van der Waals surface area contributed by atoms with Crippen molar-refractivity contribution in [2.75, 3.05) is 33.4 Å². The first-order valence-electron chi connectivity index (χ1n) is 6.63. The molecule has 0 unspecified atom stereocenters. The molecule has 0 amide bonds. The number of aryl methyl sites for hydroxylation is 1. The first kappa shape index (κ1) is 11.9. The fourth-order valence-corrected chi connectivity index (χ4v) is 2.60. The van der Waals surface area contributed by atoms with Crippen molar-refractivity contribution in [1.29, 1.82) is 0 Å². The Kier molecular flexibility index (Phi) is 3.22.